The van der Waals surface area contributed by atoms with Gasteiger partial charge in [-0.15, -0.1) is 0 Å². The number of anilines is 2. The highest BCUT2D eigenvalue weighted by molar-refractivity contribution is 9.09. The number of primary amides is 1. The summed E-state index contributed by atoms with van der Waals surface area (Å²) in [4.78, 5) is 123. The fraction of sp³-hybridized carbons (Fsp3) is 0.590. The summed E-state index contributed by atoms with van der Waals surface area (Å²) in [6.45, 7) is 14.1. The van der Waals surface area contributed by atoms with Gasteiger partial charge in [0, 0.05) is 69.2 Å². The van der Waals surface area contributed by atoms with Crippen LogP contribution in [-0.2, 0) is 58.9 Å². The van der Waals surface area contributed by atoms with E-state index in [1.165, 1.54) is 65.4 Å². The van der Waals surface area contributed by atoms with Gasteiger partial charge in [0.15, 0.2) is 5.72 Å². The van der Waals surface area contributed by atoms with E-state index in [2.05, 4.69) is 49.1 Å². The highest BCUT2D eigenvalue weighted by atomic mass is 79.9. The van der Waals surface area contributed by atoms with Crippen LogP contribution in [0.25, 0.3) is 0 Å². The molecule has 88 heavy (non-hydrogen) atoms. The second-order valence-corrected chi connectivity index (χ2v) is 23.9. The summed E-state index contributed by atoms with van der Waals surface area (Å²) in [5.41, 5.74) is 4.51. The minimum Gasteiger partial charge on any atom is -0.496 e. The molecule has 2 aromatic rings. The molecular weight excluding hydrogens is 1230 g/mol. The van der Waals surface area contributed by atoms with E-state index in [9.17, 15) is 48.3 Å². The first kappa shape index (κ1) is 71.8. The Kier molecular flexibility index (Phi) is 26.5. The number of epoxide rings is 1. The Labute approximate surface area is 527 Å². The van der Waals surface area contributed by atoms with Crippen molar-refractivity contribution in [1.82, 2.24) is 26.2 Å². The zero-order valence-corrected chi connectivity index (χ0v) is 54.3. The van der Waals surface area contributed by atoms with Crippen molar-refractivity contribution in [2.75, 3.05) is 64.1 Å². The number of benzene rings is 2. The zero-order valence-electron chi connectivity index (χ0n) is 52.0. The number of ether oxygens (including phenoxy) is 7. The van der Waals surface area contributed by atoms with Crippen molar-refractivity contribution < 1.29 is 81.4 Å². The van der Waals surface area contributed by atoms with Gasteiger partial charge in [0.05, 0.1) is 44.6 Å². The molecule has 25 nitrogen and oxygen atoms in total. The summed E-state index contributed by atoms with van der Waals surface area (Å²) in [5, 5.41) is 25.7. The number of aliphatic hydroxyl groups is 1. The maximum atomic E-state index is 14.6. The lowest BCUT2D eigenvalue weighted by Crippen LogP contribution is -2.64. The summed E-state index contributed by atoms with van der Waals surface area (Å²) < 4.78 is 40.5. The number of methoxy groups -OCH3 is 3. The first-order valence-electron chi connectivity index (χ1n) is 29.2. The average molecular weight is 1320 g/mol. The first-order chi connectivity index (χ1) is 41.5. The number of fused-ring (bicyclic) bond motifs is 5. The van der Waals surface area contributed by atoms with Crippen molar-refractivity contribution in [1.29, 1.82) is 0 Å². The Bertz CT molecular complexity index is 2930. The number of likely N-dealkylation sites (N-methyl/N-ethyl adjacent to an activating group) is 1. The summed E-state index contributed by atoms with van der Waals surface area (Å²) >= 11 is 10.0. The molecule has 0 aromatic heterocycles. The van der Waals surface area contributed by atoms with Gasteiger partial charge < -0.3 is 75.1 Å². The minimum atomic E-state index is -1.84. The number of rotatable bonds is 25. The molecule has 3 aliphatic rings. The van der Waals surface area contributed by atoms with Gasteiger partial charge in [0.25, 0.3) is 5.91 Å². The van der Waals surface area contributed by atoms with Crippen LogP contribution in [0.5, 0.6) is 11.5 Å². The highest BCUT2D eigenvalue weighted by Crippen LogP contribution is 2.49. The number of urea groups is 1. The van der Waals surface area contributed by atoms with E-state index < -0.39 is 126 Å². The largest absolute Gasteiger partial charge is 0.496 e. The molecular formula is C61H86BrClN8O17. The van der Waals surface area contributed by atoms with Crippen LogP contribution in [0, 0.1) is 11.8 Å². The van der Waals surface area contributed by atoms with Crippen molar-refractivity contribution in [2.45, 2.75) is 166 Å². The topological polar surface area (TPSA) is 334 Å². The third-order valence-electron chi connectivity index (χ3n) is 16.1. The summed E-state index contributed by atoms with van der Waals surface area (Å²) in [6, 6.07) is 3.38. The predicted octanol–water partition coefficient (Wildman–Crippen LogP) is 6.13. The van der Waals surface area contributed by atoms with Crippen molar-refractivity contribution >= 4 is 92.5 Å². The van der Waals surface area contributed by atoms with Crippen LogP contribution in [0.15, 0.2) is 54.1 Å². The Morgan fingerprint density at radius 3 is 2.34 bits per heavy atom. The van der Waals surface area contributed by atoms with Gasteiger partial charge in [-0.05, 0) is 108 Å². The zero-order chi connectivity index (χ0) is 65.4. The fourth-order valence-corrected chi connectivity index (χ4v) is 11.1. The maximum Gasteiger partial charge on any atom is 0.409 e. The van der Waals surface area contributed by atoms with Gasteiger partial charge >= 0.3 is 24.1 Å². The molecule has 4 bridgehead atoms. The SMILES string of the molecule is C=C(CBr)C(=O)OCCCCCC(=O)N[C@H](C(=O)N[C@@H](CCCNC(N)=O)C(=O)Nc1ccc(C(=O)N(C)[C@@H](C)C(=O)O[C@H]2CC(=O)N(C)c3cc(cc(OC)c3Cl)C/C(C)=C/CC[C@@H](OC)[C@@]3(O)C[C@H](OC(=O)N3)[C@@H](C)[C@@H]3O[C@@]23C)c(OC)c1)C(C)C. The van der Waals surface area contributed by atoms with Crippen molar-refractivity contribution in [2.24, 2.45) is 17.6 Å². The molecule has 2 fully saturated rings. The molecule has 5 rings (SSSR count). The highest BCUT2D eigenvalue weighted by Gasteiger charge is 2.64. The molecule has 8 amide bonds. The number of hydrogen-bond acceptors (Lipinski definition) is 17. The van der Waals surface area contributed by atoms with Crippen LogP contribution in [-0.4, -0.2) is 171 Å². The number of esters is 2. The molecule has 0 radical (unpaired) electrons. The molecule has 0 unspecified atom stereocenters. The number of halogens is 2. The lowest BCUT2D eigenvalue weighted by atomic mass is 9.83. The van der Waals surface area contributed by atoms with Gasteiger partial charge in [-0.3, -0.25) is 29.3 Å². The quantitative estimate of drug-likeness (QED) is 0.0112. The van der Waals surface area contributed by atoms with Gasteiger partial charge in [0.1, 0.15) is 58.6 Å². The Balaban J connectivity index is 1.34. The molecule has 0 spiro atoms. The van der Waals surface area contributed by atoms with Gasteiger partial charge in [-0.25, -0.2) is 19.2 Å². The lowest BCUT2D eigenvalue weighted by Gasteiger charge is -2.43. The molecule has 486 valence electrons. The van der Waals surface area contributed by atoms with Crippen LogP contribution in [0.3, 0.4) is 0 Å². The Hall–Kier alpha value is -7.00. The van der Waals surface area contributed by atoms with Gasteiger partial charge in [-0.1, -0.05) is 66.5 Å². The molecule has 8 N–H and O–H groups in total. The number of allylic oxidation sites excluding steroid dienone is 2. The molecule has 10 atom stereocenters. The van der Waals surface area contributed by atoms with Crippen LogP contribution in [0.4, 0.5) is 21.0 Å². The summed E-state index contributed by atoms with van der Waals surface area (Å²) in [7, 11) is 7.11. The van der Waals surface area contributed by atoms with E-state index in [0.717, 1.165) is 16.0 Å². The van der Waals surface area contributed by atoms with Gasteiger partial charge in [-0.2, -0.15) is 0 Å². The molecule has 3 heterocycles. The average Bonchev–Trinajstić information content (AvgIpc) is 2.18. The molecule has 2 aromatic carbocycles. The number of carbonyl (C=O) groups excluding carboxylic acids is 9. The number of alkyl halides is 1. The number of nitrogens with two attached hydrogens (primary N) is 1. The molecule has 2 saturated heterocycles. The minimum absolute atomic E-state index is 0.0117. The number of unbranched alkanes of at least 4 members (excludes halogenated alkanes) is 2. The van der Waals surface area contributed by atoms with E-state index in [0.29, 0.717) is 55.3 Å². The number of hydrogen-bond donors (Lipinski definition) is 7. The number of carbonyl (C=O) groups is 9. The van der Waals surface area contributed by atoms with E-state index in [1.54, 1.807) is 39.8 Å². The lowest BCUT2D eigenvalue weighted by molar-refractivity contribution is -0.159. The Morgan fingerprint density at radius 2 is 1.69 bits per heavy atom. The van der Waals surface area contributed by atoms with E-state index >= 15 is 0 Å². The normalized spacial score (nSPS) is 23.6. The molecule has 0 saturated carbocycles. The third kappa shape index (κ3) is 19.0. The predicted molar refractivity (Wildman–Crippen MR) is 330 cm³/mol. The molecule has 3 aliphatic heterocycles. The monoisotopic (exact) mass is 1320 g/mol. The Morgan fingerprint density at radius 1 is 0.989 bits per heavy atom. The molecule has 0 aliphatic carbocycles. The molecule has 27 heteroatoms. The van der Waals surface area contributed by atoms with E-state index in [4.69, 9.17) is 50.5 Å². The van der Waals surface area contributed by atoms with Crippen LogP contribution in [0.2, 0.25) is 5.02 Å². The van der Waals surface area contributed by atoms with Crippen LogP contribution < -0.4 is 46.7 Å². The third-order valence-corrected chi connectivity index (χ3v) is 17.2. The standard InChI is InChI=1S/C61H86BrClN8O17/c1-33(2)51(68-48(72)21-14-13-15-25-85-56(77)35(4)32-62)54(75)67-41(19-17-24-65-58(64)79)53(74)66-39-22-23-40(43(29-39)82-10)55(76)70(8)37(6)57(78)87-47-30-49(73)71(9)42-27-38(28-44(83-11)50(42)63)26-34(3)18-16-20-46(84-12)61(81)31-45(86-59(80)69-61)36(5)52-60(47,7)88-52/h18,22-23,27-29,33,36-37,41,45-47,51-52,81H,4,13-17,19-21,24-26,30-32H2,1-3,5-12H3,(H,66,74)(H,67,75)(H,68,72)(H,69,80)(H3,64,65,79)/b34-18+/t36-,37+,41+,45+,46-,47+,51+,52+,60+,61+/m1/s1. The second-order valence-electron chi connectivity index (χ2n) is 23.0. The van der Waals surface area contributed by atoms with Gasteiger partial charge in [0.2, 0.25) is 23.6 Å². The van der Waals surface area contributed by atoms with Crippen LogP contribution in [0.1, 0.15) is 122 Å². The van der Waals surface area contributed by atoms with Crippen LogP contribution >= 0.6 is 27.5 Å². The van der Waals surface area contributed by atoms with E-state index in [-0.39, 0.29) is 66.4 Å². The second kappa shape index (κ2) is 32.5. The fourth-order valence-electron chi connectivity index (χ4n) is 10.6. The smallest absolute Gasteiger partial charge is 0.409 e. The number of nitrogens with one attached hydrogen (secondary N) is 5. The first-order valence-corrected chi connectivity index (χ1v) is 30.7. The van der Waals surface area contributed by atoms with E-state index in [1.807, 2.05) is 13.0 Å². The van der Waals surface area contributed by atoms with Crippen molar-refractivity contribution in [3.05, 3.63) is 70.3 Å². The van der Waals surface area contributed by atoms with Crippen molar-refractivity contribution in [3.8, 4) is 11.5 Å². The van der Waals surface area contributed by atoms with Crippen molar-refractivity contribution in [3.63, 3.8) is 0 Å². The maximum absolute atomic E-state index is 14.6. The summed E-state index contributed by atoms with van der Waals surface area (Å²) in [5.74, 6) is -5.10. The number of nitrogens with zero attached hydrogens (tertiary/aromatic N) is 2. The summed E-state index contributed by atoms with van der Waals surface area (Å²) in [6.07, 6.45) is -0.165. The number of amides is 8. The number of alkyl carbamates (subject to hydrolysis) is 1.